The van der Waals surface area contributed by atoms with Crippen LogP contribution in [0.15, 0.2) is 48.5 Å². The predicted octanol–water partition coefficient (Wildman–Crippen LogP) is 4.08. The Hall–Kier alpha value is -2.62. The van der Waals surface area contributed by atoms with Crippen LogP contribution >= 0.6 is 0 Å². The third kappa shape index (κ3) is 5.19. The van der Waals surface area contributed by atoms with E-state index in [-0.39, 0.29) is 17.2 Å². The van der Waals surface area contributed by atoms with Crippen molar-refractivity contribution in [1.29, 1.82) is 0 Å². The van der Waals surface area contributed by atoms with Crippen LogP contribution in [0.4, 0.5) is 5.69 Å². The van der Waals surface area contributed by atoms with Crippen molar-refractivity contribution >= 4 is 17.5 Å². The molecule has 0 saturated heterocycles. The smallest absolute Gasteiger partial charge is 0.251 e. The molecule has 2 rings (SSSR count). The van der Waals surface area contributed by atoms with E-state index in [4.69, 9.17) is 0 Å². The van der Waals surface area contributed by atoms with E-state index >= 15 is 0 Å². The monoisotopic (exact) mass is 352 g/mol. The van der Waals surface area contributed by atoms with Crippen LogP contribution in [-0.4, -0.2) is 24.9 Å². The number of anilines is 1. The first kappa shape index (κ1) is 19.7. The summed E-state index contributed by atoms with van der Waals surface area (Å²) in [5, 5.41) is 2.89. The molecular weight excluding hydrogens is 324 g/mol. The lowest BCUT2D eigenvalue weighted by atomic mass is 9.87. The van der Waals surface area contributed by atoms with Gasteiger partial charge in [0.25, 0.3) is 5.91 Å². The van der Waals surface area contributed by atoms with Gasteiger partial charge in [0, 0.05) is 31.3 Å². The molecule has 2 amide bonds. The van der Waals surface area contributed by atoms with Crippen LogP contribution in [0.1, 0.15) is 49.2 Å². The van der Waals surface area contributed by atoms with Crippen molar-refractivity contribution in [3.8, 4) is 0 Å². The summed E-state index contributed by atoms with van der Waals surface area (Å²) in [6.45, 7) is 10.8. The molecule has 2 aromatic rings. The van der Waals surface area contributed by atoms with E-state index in [1.165, 1.54) is 12.5 Å². The van der Waals surface area contributed by atoms with Gasteiger partial charge < -0.3 is 10.2 Å². The van der Waals surface area contributed by atoms with E-state index in [9.17, 15) is 9.59 Å². The van der Waals surface area contributed by atoms with Crippen LogP contribution in [0.5, 0.6) is 0 Å². The van der Waals surface area contributed by atoms with Gasteiger partial charge in [0.05, 0.1) is 0 Å². The Bertz CT molecular complexity index is 773. The second-order valence-corrected chi connectivity index (χ2v) is 7.59. The van der Waals surface area contributed by atoms with Gasteiger partial charge in [-0.1, -0.05) is 45.0 Å². The highest BCUT2D eigenvalue weighted by molar-refractivity contribution is 5.94. The maximum Gasteiger partial charge on any atom is 0.251 e. The zero-order valence-corrected chi connectivity index (χ0v) is 16.3. The SMILES string of the molecule is CC(=O)N(CCNC(=O)c1ccc(C(C)(C)C)cc1)c1cccc(C)c1. The predicted molar refractivity (Wildman–Crippen MR) is 107 cm³/mol. The second-order valence-electron chi connectivity index (χ2n) is 7.59. The van der Waals surface area contributed by atoms with Gasteiger partial charge in [0.15, 0.2) is 0 Å². The van der Waals surface area contributed by atoms with E-state index in [1.54, 1.807) is 4.90 Å². The number of hydrogen-bond donors (Lipinski definition) is 1. The number of rotatable bonds is 5. The molecule has 138 valence electrons. The molecule has 0 saturated carbocycles. The van der Waals surface area contributed by atoms with E-state index in [0.29, 0.717) is 18.7 Å². The number of hydrogen-bond acceptors (Lipinski definition) is 2. The molecule has 0 aliphatic heterocycles. The molecular formula is C22H28N2O2. The first-order chi connectivity index (χ1) is 12.2. The topological polar surface area (TPSA) is 49.4 Å². The summed E-state index contributed by atoms with van der Waals surface area (Å²) >= 11 is 0. The highest BCUT2D eigenvalue weighted by atomic mass is 16.2. The lowest BCUT2D eigenvalue weighted by Gasteiger charge is -2.22. The maximum absolute atomic E-state index is 12.3. The van der Waals surface area contributed by atoms with Crippen molar-refractivity contribution < 1.29 is 9.59 Å². The minimum Gasteiger partial charge on any atom is -0.350 e. The van der Waals surface area contributed by atoms with Crippen LogP contribution in [0, 0.1) is 6.92 Å². The van der Waals surface area contributed by atoms with Crippen LogP contribution in [0.25, 0.3) is 0 Å². The molecule has 26 heavy (non-hydrogen) atoms. The largest absolute Gasteiger partial charge is 0.350 e. The molecule has 0 aliphatic rings. The summed E-state index contributed by atoms with van der Waals surface area (Å²) in [6.07, 6.45) is 0. The second kappa shape index (κ2) is 8.17. The minimum absolute atomic E-state index is 0.0422. The summed E-state index contributed by atoms with van der Waals surface area (Å²) in [4.78, 5) is 26.0. The molecule has 0 fully saturated rings. The van der Waals surface area contributed by atoms with Gasteiger partial charge in [-0.25, -0.2) is 0 Å². The Balaban J connectivity index is 1.97. The molecule has 0 radical (unpaired) electrons. The average molecular weight is 352 g/mol. The van der Waals surface area contributed by atoms with E-state index in [0.717, 1.165) is 11.3 Å². The van der Waals surface area contributed by atoms with Crippen molar-refractivity contribution in [2.45, 2.75) is 40.0 Å². The standard InChI is InChI=1S/C22H28N2O2/c1-16-7-6-8-20(15-16)24(17(2)25)14-13-23-21(26)18-9-11-19(12-10-18)22(3,4)5/h6-12,15H,13-14H2,1-5H3,(H,23,26). The van der Waals surface area contributed by atoms with Crippen molar-refractivity contribution in [2.24, 2.45) is 0 Å². The molecule has 0 heterocycles. The molecule has 0 aromatic heterocycles. The summed E-state index contributed by atoms with van der Waals surface area (Å²) in [5.41, 5.74) is 3.82. The molecule has 0 bridgehead atoms. The third-order valence-corrected chi connectivity index (χ3v) is 4.33. The highest BCUT2D eigenvalue weighted by Crippen LogP contribution is 2.22. The van der Waals surface area contributed by atoms with Crippen molar-refractivity contribution in [3.63, 3.8) is 0 Å². The van der Waals surface area contributed by atoms with Gasteiger partial charge in [0.1, 0.15) is 0 Å². The maximum atomic E-state index is 12.3. The van der Waals surface area contributed by atoms with Crippen LogP contribution in [-0.2, 0) is 10.2 Å². The zero-order valence-electron chi connectivity index (χ0n) is 16.3. The van der Waals surface area contributed by atoms with Gasteiger partial charge in [-0.15, -0.1) is 0 Å². The Morgan fingerprint density at radius 2 is 1.69 bits per heavy atom. The summed E-state index contributed by atoms with van der Waals surface area (Å²) in [7, 11) is 0. The quantitative estimate of drug-likeness (QED) is 0.882. The zero-order chi connectivity index (χ0) is 19.3. The van der Waals surface area contributed by atoms with Crippen molar-refractivity contribution in [1.82, 2.24) is 5.32 Å². The number of amides is 2. The molecule has 4 nitrogen and oxygen atoms in total. The van der Waals surface area contributed by atoms with Gasteiger partial charge in [0.2, 0.25) is 5.91 Å². The fourth-order valence-corrected chi connectivity index (χ4v) is 2.77. The number of nitrogens with one attached hydrogen (secondary N) is 1. The van der Waals surface area contributed by atoms with Gasteiger partial charge in [-0.05, 0) is 47.7 Å². The molecule has 0 aliphatic carbocycles. The van der Waals surface area contributed by atoms with Gasteiger partial charge in [-0.3, -0.25) is 9.59 Å². The molecule has 1 N–H and O–H groups in total. The first-order valence-corrected chi connectivity index (χ1v) is 8.92. The summed E-state index contributed by atoms with van der Waals surface area (Å²) < 4.78 is 0. The Morgan fingerprint density at radius 3 is 2.23 bits per heavy atom. The summed E-state index contributed by atoms with van der Waals surface area (Å²) in [5.74, 6) is -0.169. The Morgan fingerprint density at radius 1 is 1.04 bits per heavy atom. The minimum atomic E-state index is -0.127. The lowest BCUT2D eigenvalue weighted by molar-refractivity contribution is -0.116. The first-order valence-electron chi connectivity index (χ1n) is 8.92. The third-order valence-electron chi connectivity index (χ3n) is 4.33. The number of aryl methyl sites for hydroxylation is 1. The highest BCUT2D eigenvalue weighted by Gasteiger charge is 2.15. The van der Waals surface area contributed by atoms with E-state index in [2.05, 4.69) is 26.1 Å². The van der Waals surface area contributed by atoms with Gasteiger partial charge >= 0.3 is 0 Å². The van der Waals surface area contributed by atoms with Crippen LogP contribution < -0.4 is 10.2 Å². The van der Waals surface area contributed by atoms with E-state index < -0.39 is 0 Å². The molecule has 0 atom stereocenters. The van der Waals surface area contributed by atoms with Crippen LogP contribution in [0.2, 0.25) is 0 Å². The number of benzene rings is 2. The van der Waals surface area contributed by atoms with Gasteiger partial charge in [-0.2, -0.15) is 0 Å². The fraction of sp³-hybridized carbons (Fsp3) is 0.364. The van der Waals surface area contributed by atoms with Crippen molar-refractivity contribution in [3.05, 3.63) is 65.2 Å². The number of nitrogens with zero attached hydrogens (tertiary/aromatic N) is 1. The Kier molecular flexibility index (Phi) is 6.19. The fourth-order valence-electron chi connectivity index (χ4n) is 2.77. The molecule has 4 heteroatoms. The van der Waals surface area contributed by atoms with Crippen LogP contribution in [0.3, 0.4) is 0 Å². The molecule has 0 spiro atoms. The average Bonchev–Trinajstić information content (AvgIpc) is 2.57. The molecule has 2 aromatic carbocycles. The van der Waals surface area contributed by atoms with Crippen molar-refractivity contribution in [2.75, 3.05) is 18.0 Å². The summed E-state index contributed by atoms with van der Waals surface area (Å²) in [6, 6.07) is 15.5. The Labute approximate surface area is 156 Å². The lowest BCUT2D eigenvalue weighted by Crippen LogP contribution is -2.37. The normalized spacial score (nSPS) is 11.1. The number of carbonyl (C=O) groups excluding carboxylic acids is 2. The number of carbonyl (C=O) groups is 2. The van der Waals surface area contributed by atoms with E-state index in [1.807, 2.05) is 55.5 Å². The molecule has 0 unspecified atom stereocenters.